The van der Waals surface area contributed by atoms with Crippen molar-refractivity contribution in [2.75, 3.05) is 26.2 Å². The lowest BCUT2D eigenvalue weighted by Crippen LogP contribution is -2.52. The van der Waals surface area contributed by atoms with Crippen molar-refractivity contribution in [2.24, 2.45) is 5.92 Å². The SMILES string of the molecule is O=C(N1CCC1)N1CC[C@@H](CN[SH](=O)=O)[C@@H]1Cc1cccc(-c2cccc(F)c2)c1F. The van der Waals surface area contributed by atoms with Crippen molar-refractivity contribution in [1.82, 2.24) is 14.5 Å². The van der Waals surface area contributed by atoms with Crippen LogP contribution in [0.3, 0.4) is 0 Å². The van der Waals surface area contributed by atoms with Crippen LogP contribution >= 0.6 is 0 Å². The quantitative estimate of drug-likeness (QED) is 0.667. The first-order chi connectivity index (χ1) is 14.9. The Morgan fingerprint density at radius 1 is 1.10 bits per heavy atom. The smallest absolute Gasteiger partial charge is 0.320 e. The first kappa shape index (κ1) is 21.7. The number of carbonyl (C=O) groups is 1. The van der Waals surface area contributed by atoms with Gasteiger partial charge >= 0.3 is 6.03 Å². The Morgan fingerprint density at radius 2 is 1.87 bits per heavy atom. The highest BCUT2D eigenvalue weighted by Gasteiger charge is 2.40. The van der Waals surface area contributed by atoms with E-state index in [1.165, 1.54) is 18.2 Å². The molecule has 2 saturated heterocycles. The number of thiol groups is 1. The van der Waals surface area contributed by atoms with Crippen molar-refractivity contribution in [3.8, 4) is 11.1 Å². The van der Waals surface area contributed by atoms with E-state index in [1.807, 2.05) is 0 Å². The van der Waals surface area contributed by atoms with Gasteiger partial charge in [0.15, 0.2) is 0 Å². The number of nitrogens with one attached hydrogen (secondary N) is 1. The van der Waals surface area contributed by atoms with E-state index in [9.17, 15) is 17.6 Å². The van der Waals surface area contributed by atoms with Crippen LogP contribution in [0, 0.1) is 17.6 Å². The molecule has 2 aliphatic heterocycles. The molecular weight excluding hydrogens is 424 g/mol. The fraction of sp³-hybridized carbons (Fsp3) is 0.409. The van der Waals surface area contributed by atoms with Gasteiger partial charge in [-0.05, 0) is 48.4 Å². The molecule has 6 nitrogen and oxygen atoms in total. The van der Waals surface area contributed by atoms with Gasteiger partial charge in [0, 0.05) is 37.8 Å². The molecule has 166 valence electrons. The van der Waals surface area contributed by atoms with E-state index in [1.54, 1.807) is 34.1 Å². The Hall–Kier alpha value is -2.52. The van der Waals surface area contributed by atoms with Gasteiger partial charge in [-0.1, -0.05) is 30.3 Å². The molecule has 0 aliphatic carbocycles. The Bertz CT molecular complexity index is 1030. The van der Waals surface area contributed by atoms with Gasteiger partial charge in [0.1, 0.15) is 11.6 Å². The zero-order valence-electron chi connectivity index (χ0n) is 17.0. The zero-order valence-corrected chi connectivity index (χ0v) is 17.9. The van der Waals surface area contributed by atoms with Crippen LogP contribution in [0.1, 0.15) is 18.4 Å². The summed E-state index contributed by atoms with van der Waals surface area (Å²) in [7, 11) is -2.75. The Kier molecular flexibility index (Phi) is 6.52. The van der Waals surface area contributed by atoms with Crippen molar-refractivity contribution < 1.29 is 22.0 Å². The number of amides is 2. The topological polar surface area (TPSA) is 69.7 Å². The van der Waals surface area contributed by atoms with Crippen LogP contribution in [0.25, 0.3) is 11.1 Å². The first-order valence-corrected chi connectivity index (χ1v) is 11.6. The van der Waals surface area contributed by atoms with Gasteiger partial charge in [-0.2, -0.15) is 0 Å². The van der Waals surface area contributed by atoms with Crippen LogP contribution in [0.4, 0.5) is 13.6 Å². The molecule has 2 aromatic rings. The maximum atomic E-state index is 15.4. The fourth-order valence-corrected chi connectivity index (χ4v) is 4.78. The van der Waals surface area contributed by atoms with Crippen LogP contribution < -0.4 is 4.72 Å². The lowest BCUT2D eigenvalue weighted by atomic mass is 9.92. The third-order valence-corrected chi connectivity index (χ3v) is 6.62. The third kappa shape index (κ3) is 4.72. The van der Waals surface area contributed by atoms with Gasteiger partial charge in [0.05, 0.1) is 0 Å². The molecule has 2 heterocycles. The minimum Gasteiger partial charge on any atom is -0.325 e. The van der Waals surface area contributed by atoms with Crippen LogP contribution in [-0.4, -0.2) is 56.5 Å². The second-order valence-corrected chi connectivity index (χ2v) is 8.88. The second kappa shape index (κ2) is 9.32. The Morgan fingerprint density at radius 3 is 2.55 bits per heavy atom. The molecule has 0 bridgehead atoms. The maximum absolute atomic E-state index is 15.4. The highest BCUT2D eigenvalue weighted by atomic mass is 32.2. The summed E-state index contributed by atoms with van der Waals surface area (Å²) in [6.07, 6.45) is 1.87. The summed E-state index contributed by atoms with van der Waals surface area (Å²) in [6.45, 7) is 2.13. The molecule has 4 rings (SSSR count). The number of rotatable bonds is 6. The molecule has 2 aromatic carbocycles. The normalized spacial score (nSPS) is 20.9. The average Bonchev–Trinajstić information content (AvgIpc) is 3.09. The minimum atomic E-state index is -2.75. The van der Waals surface area contributed by atoms with Crippen LogP contribution in [0.2, 0.25) is 0 Å². The number of halogens is 2. The molecule has 0 unspecified atom stereocenters. The van der Waals surface area contributed by atoms with E-state index < -0.39 is 22.5 Å². The van der Waals surface area contributed by atoms with Crippen LogP contribution in [-0.2, 0) is 17.3 Å². The third-order valence-electron chi connectivity index (χ3n) is 6.18. The largest absolute Gasteiger partial charge is 0.325 e. The van der Waals surface area contributed by atoms with E-state index in [0.29, 0.717) is 42.7 Å². The number of urea groups is 1. The van der Waals surface area contributed by atoms with E-state index in [2.05, 4.69) is 4.72 Å². The molecule has 31 heavy (non-hydrogen) atoms. The summed E-state index contributed by atoms with van der Waals surface area (Å²) in [4.78, 5) is 16.4. The van der Waals surface area contributed by atoms with Gasteiger partial charge in [-0.25, -0.2) is 26.7 Å². The molecule has 0 radical (unpaired) electrons. The lowest BCUT2D eigenvalue weighted by molar-refractivity contribution is 0.118. The van der Waals surface area contributed by atoms with Gasteiger partial charge in [-0.3, -0.25) is 0 Å². The van der Waals surface area contributed by atoms with E-state index in [0.717, 1.165) is 6.42 Å². The molecule has 0 spiro atoms. The highest BCUT2D eigenvalue weighted by Crippen LogP contribution is 2.32. The van der Waals surface area contributed by atoms with Gasteiger partial charge in [-0.15, -0.1) is 0 Å². The van der Waals surface area contributed by atoms with Gasteiger partial charge < -0.3 is 9.80 Å². The molecule has 2 fully saturated rings. The lowest BCUT2D eigenvalue weighted by Gasteiger charge is -2.38. The first-order valence-electron chi connectivity index (χ1n) is 10.4. The zero-order chi connectivity index (χ0) is 22.0. The highest BCUT2D eigenvalue weighted by molar-refractivity contribution is 7.70. The maximum Gasteiger partial charge on any atom is 0.320 e. The predicted octanol–water partition coefficient (Wildman–Crippen LogP) is 2.81. The van der Waals surface area contributed by atoms with E-state index >= 15 is 4.39 Å². The van der Waals surface area contributed by atoms with Gasteiger partial charge in [0.2, 0.25) is 10.9 Å². The molecule has 0 aromatic heterocycles. The van der Waals surface area contributed by atoms with Crippen molar-refractivity contribution in [1.29, 1.82) is 0 Å². The summed E-state index contributed by atoms with van der Waals surface area (Å²) in [5.74, 6) is -1.00. The molecule has 2 amide bonds. The summed E-state index contributed by atoms with van der Waals surface area (Å²) < 4.78 is 53.5. The summed E-state index contributed by atoms with van der Waals surface area (Å²) >= 11 is 0. The number of nitrogens with zero attached hydrogens (tertiary/aromatic N) is 2. The molecule has 9 heteroatoms. The monoisotopic (exact) mass is 449 g/mol. The fourth-order valence-electron chi connectivity index (χ4n) is 4.39. The standard InChI is InChI=1S/C22H25F2N3O3S/c23-18-6-1-4-15(12-18)19-7-2-5-16(21(19)24)13-20-17(14-25-31(29)30)8-11-27(20)22(28)26-9-3-10-26/h1-2,4-7,12,17,20,31H,3,8-11,13-14H2,(H,25,29,30)/t17-,20-/m0/s1. The minimum absolute atomic E-state index is 0.0769. The van der Waals surface area contributed by atoms with E-state index in [-0.39, 0.29) is 31.0 Å². The second-order valence-electron chi connectivity index (χ2n) is 8.05. The Labute approximate surface area is 181 Å². The number of likely N-dealkylation sites (tertiary alicyclic amines) is 2. The van der Waals surface area contributed by atoms with Crippen molar-refractivity contribution >= 4 is 16.9 Å². The average molecular weight is 450 g/mol. The number of benzene rings is 2. The molecule has 0 saturated carbocycles. The summed E-state index contributed by atoms with van der Waals surface area (Å²) in [5, 5.41) is 0. The molecule has 2 atom stereocenters. The molecular formula is C22H25F2N3O3S. The Balaban J connectivity index is 1.61. The van der Waals surface area contributed by atoms with Crippen molar-refractivity contribution in [2.45, 2.75) is 25.3 Å². The summed E-state index contributed by atoms with van der Waals surface area (Å²) in [6, 6.07) is 10.4. The van der Waals surface area contributed by atoms with Crippen LogP contribution in [0.15, 0.2) is 42.5 Å². The molecule has 2 aliphatic rings. The summed E-state index contributed by atoms with van der Waals surface area (Å²) in [5.41, 5.74) is 1.17. The molecule has 1 N–H and O–H groups in total. The predicted molar refractivity (Wildman–Crippen MR) is 114 cm³/mol. The number of hydrogen-bond donors (Lipinski definition) is 2. The number of hydrogen-bond acceptors (Lipinski definition) is 3. The van der Waals surface area contributed by atoms with E-state index in [4.69, 9.17) is 0 Å². The van der Waals surface area contributed by atoms with Crippen molar-refractivity contribution in [3.05, 3.63) is 59.7 Å². The van der Waals surface area contributed by atoms with Gasteiger partial charge in [0.25, 0.3) is 0 Å². The van der Waals surface area contributed by atoms with Crippen molar-refractivity contribution in [3.63, 3.8) is 0 Å². The van der Waals surface area contributed by atoms with Crippen LogP contribution in [0.5, 0.6) is 0 Å². The number of carbonyl (C=O) groups excluding carboxylic acids is 1.